The second kappa shape index (κ2) is 6.60. The molecule has 0 aromatic heterocycles. The van der Waals surface area contributed by atoms with Crippen LogP contribution >= 0.6 is 11.6 Å². The summed E-state index contributed by atoms with van der Waals surface area (Å²) in [6.07, 6.45) is 5.62. The maximum Gasteiger partial charge on any atom is 0.283 e. The molecule has 2 amide bonds. The zero-order valence-corrected chi connectivity index (χ0v) is 15.2. The second-order valence-corrected chi connectivity index (χ2v) is 7.23. The van der Waals surface area contributed by atoms with Crippen LogP contribution < -0.4 is 4.90 Å². The zero-order chi connectivity index (χ0) is 17.4. The molecule has 5 heteroatoms. The van der Waals surface area contributed by atoms with E-state index in [-0.39, 0.29) is 17.0 Å². The van der Waals surface area contributed by atoms with Crippen molar-refractivity contribution in [1.82, 2.24) is 4.90 Å². The molecule has 1 aromatic rings. The Balaban J connectivity index is 1.92. The molecular formula is C19H23ClN2O2. The molecule has 1 aliphatic heterocycles. The molecule has 24 heavy (non-hydrogen) atoms. The van der Waals surface area contributed by atoms with Crippen LogP contribution in [0.2, 0.25) is 0 Å². The predicted molar refractivity (Wildman–Crippen MR) is 95.9 cm³/mol. The van der Waals surface area contributed by atoms with Crippen molar-refractivity contribution in [3.8, 4) is 0 Å². The first-order valence-electron chi connectivity index (χ1n) is 8.50. The number of amides is 2. The normalized spacial score (nSPS) is 19.4. The van der Waals surface area contributed by atoms with E-state index in [1.807, 2.05) is 44.0 Å². The van der Waals surface area contributed by atoms with Crippen LogP contribution in [0, 0.1) is 13.8 Å². The molecule has 0 radical (unpaired) electrons. The first-order chi connectivity index (χ1) is 11.4. The summed E-state index contributed by atoms with van der Waals surface area (Å²) in [5.41, 5.74) is 2.95. The first kappa shape index (κ1) is 17.0. The van der Waals surface area contributed by atoms with Crippen molar-refractivity contribution in [1.29, 1.82) is 0 Å². The number of nitrogens with zero attached hydrogens (tertiary/aromatic N) is 2. The standard InChI is InChI=1S/C19H23ClN2O2/c1-12-9-13(2)11-15(10-12)22-18(23)16(20)17(19(22)24)21(3)14-7-5-4-6-8-14/h9-11,14H,4-8H2,1-3H3. The van der Waals surface area contributed by atoms with Gasteiger partial charge in [-0.3, -0.25) is 9.59 Å². The highest BCUT2D eigenvalue weighted by atomic mass is 35.5. The van der Waals surface area contributed by atoms with Crippen molar-refractivity contribution in [3.63, 3.8) is 0 Å². The number of carbonyl (C=O) groups is 2. The van der Waals surface area contributed by atoms with Gasteiger partial charge in [0.1, 0.15) is 10.7 Å². The fourth-order valence-corrected chi connectivity index (χ4v) is 4.06. The molecule has 0 N–H and O–H groups in total. The monoisotopic (exact) mass is 346 g/mol. The second-order valence-electron chi connectivity index (χ2n) is 6.86. The van der Waals surface area contributed by atoms with Gasteiger partial charge < -0.3 is 4.90 Å². The maximum absolute atomic E-state index is 13.0. The number of hydrogen-bond donors (Lipinski definition) is 0. The van der Waals surface area contributed by atoms with Gasteiger partial charge in [0.05, 0.1) is 5.69 Å². The maximum atomic E-state index is 13.0. The Morgan fingerprint density at radius 1 is 1.00 bits per heavy atom. The summed E-state index contributed by atoms with van der Waals surface area (Å²) in [5, 5.41) is 0.0345. The van der Waals surface area contributed by atoms with E-state index in [2.05, 4.69) is 0 Å². The number of likely N-dealkylation sites (N-methyl/N-ethyl adjacent to an activating group) is 1. The van der Waals surface area contributed by atoms with Crippen molar-refractivity contribution < 1.29 is 9.59 Å². The van der Waals surface area contributed by atoms with Crippen LogP contribution in [-0.2, 0) is 9.59 Å². The number of rotatable bonds is 3. The first-order valence-corrected chi connectivity index (χ1v) is 8.87. The minimum atomic E-state index is -0.427. The van der Waals surface area contributed by atoms with Gasteiger partial charge in [0.2, 0.25) is 0 Å². The third-order valence-corrected chi connectivity index (χ3v) is 5.28. The molecule has 3 rings (SSSR count). The van der Waals surface area contributed by atoms with Crippen molar-refractivity contribution in [3.05, 3.63) is 40.1 Å². The molecule has 1 aromatic carbocycles. The molecular weight excluding hydrogens is 324 g/mol. The molecule has 1 heterocycles. The molecule has 4 nitrogen and oxygen atoms in total. The van der Waals surface area contributed by atoms with Crippen LogP contribution in [0.4, 0.5) is 5.69 Å². The van der Waals surface area contributed by atoms with E-state index in [9.17, 15) is 9.59 Å². The quantitative estimate of drug-likeness (QED) is 0.779. The van der Waals surface area contributed by atoms with Gasteiger partial charge in [-0.2, -0.15) is 0 Å². The van der Waals surface area contributed by atoms with Gasteiger partial charge in [0.15, 0.2) is 0 Å². The van der Waals surface area contributed by atoms with E-state index in [0.717, 1.165) is 36.8 Å². The van der Waals surface area contributed by atoms with Crippen LogP contribution in [-0.4, -0.2) is 29.8 Å². The van der Waals surface area contributed by atoms with Crippen molar-refractivity contribution in [2.24, 2.45) is 0 Å². The van der Waals surface area contributed by atoms with Gasteiger partial charge in [0.25, 0.3) is 11.8 Å². The molecule has 0 spiro atoms. The Bertz CT molecular complexity index is 700. The summed E-state index contributed by atoms with van der Waals surface area (Å²) in [7, 11) is 1.88. The van der Waals surface area contributed by atoms with Crippen molar-refractivity contribution in [2.45, 2.75) is 52.0 Å². The lowest BCUT2D eigenvalue weighted by Gasteiger charge is -2.33. The van der Waals surface area contributed by atoms with Gasteiger partial charge in [-0.1, -0.05) is 36.9 Å². The van der Waals surface area contributed by atoms with E-state index in [0.29, 0.717) is 11.4 Å². The lowest BCUT2D eigenvalue weighted by molar-refractivity contribution is -0.121. The molecule has 0 atom stereocenters. The van der Waals surface area contributed by atoms with E-state index >= 15 is 0 Å². The molecule has 128 valence electrons. The Morgan fingerprint density at radius 3 is 2.17 bits per heavy atom. The highest BCUT2D eigenvalue weighted by molar-refractivity contribution is 6.52. The summed E-state index contributed by atoms with van der Waals surface area (Å²) in [6.45, 7) is 3.90. The van der Waals surface area contributed by atoms with Crippen LogP contribution in [0.25, 0.3) is 0 Å². The number of aryl methyl sites for hydroxylation is 2. The summed E-state index contributed by atoms with van der Waals surface area (Å²) in [4.78, 5) is 28.7. The Morgan fingerprint density at radius 2 is 1.58 bits per heavy atom. The molecule has 0 saturated heterocycles. The SMILES string of the molecule is Cc1cc(C)cc(N2C(=O)C(Cl)=C(N(C)C3CCCCC3)C2=O)c1. The third-order valence-electron chi connectivity index (χ3n) is 4.94. The smallest absolute Gasteiger partial charge is 0.283 e. The van der Waals surface area contributed by atoms with Gasteiger partial charge in [0, 0.05) is 13.1 Å². The van der Waals surface area contributed by atoms with E-state index < -0.39 is 5.91 Å². The third kappa shape index (κ3) is 2.95. The van der Waals surface area contributed by atoms with Crippen LogP contribution in [0.1, 0.15) is 43.2 Å². The molecule has 2 aliphatic rings. The Labute approximate surface area is 148 Å². The highest BCUT2D eigenvalue weighted by Crippen LogP contribution is 2.34. The topological polar surface area (TPSA) is 40.6 Å². The molecule has 0 unspecified atom stereocenters. The molecule has 1 fully saturated rings. The zero-order valence-electron chi connectivity index (χ0n) is 14.4. The molecule has 0 bridgehead atoms. The largest absolute Gasteiger partial charge is 0.366 e. The fourth-order valence-electron chi connectivity index (χ4n) is 3.76. The van der Waals surface area contributed by atoms with Gasteiger partial charge in [-0.25, -0.2) is 4.90 Å². The van der Waals surface area contributed by atoms with Crippen LogP contribution in [0.15, 0.2) is 28.9 Å². The fraction of sp³-hybridized carbons (Fsp3) is 0.474. The lowest BCUT2D eigenvalue weighted by Crippen LogP contribution is -2.38. The average Bonchev–Trinajstić information content (AvgIpc) is 2.76. The summed E-state index contributed by atoms with van der Waals surface area (Å²) in [6, 6.07) is 5.98. The lowest BCUT2D eigenvalue weighted by atomic mass is 9.94. The molecule has 1 aliphatic carbocycles. The van der Waals surface area contributed by atoms with E-state index in [1.165, 1.54) is 11.3 Å². The Hall–Kier alpha value is -1.81. The van der Waals surface area contributed by atoms with E-state index in [1.54, 1.807) is 0 Å². The van der Waals surface area contributed by atoms with E-state index in [4.69, 9.17) is 11.6 Å². The number of benzene rings is 1. The number of halogens is 1. The van der Waals surface area contributed by atoms with Gasteiger partial charge in [-0.05, 0) is 49.9 Å². The van der Waals surface area contributed by atoms with Gasteiger partial charge in [-0.15, -0.1) is 0 Å². The summed E-state index contributed by atoms with van der Waals surface area (Å²) in [5.74, 6) is -0.743. The minimum absolute atomic E-state index is 0.0345. The van der Waals surface area contributed by atoms with Crippen LogP contribution in [0.5, 0.6) is 0 Å². The minimum Gasteiger partial charge on any atom is -0.366 e. The summed E-state index contributed by atoms with van der Waals surface area (Å²) < 4.78 is 0. The molecule has 1 saturated carbocycles. The van der Waals surface area contributed by atoms with Gasteiger partial charge >= 0.3 is 0 Å². The number of anilines is 1. The van der Waals surface area contributed by atoms with Crippen molar-refractivity contribution >= 4 is 29.1 Å². The van der Waals surface area contributed by atoms with Crippen molar-refractivity contribution in [2.75, 3.05) is 11.9 Å². The average molecular weight is 347 g/mol. The Kier molecular flexibility index (Phi) is 4.68. The number of carbonyl (C=O) groups excluding carboxylic acids is 2. The summed E-state index contributed by atoms with van der Waals surface area (Å²) >= 11 is 6.29. The number of imide groups is 1. The van der Waals surface area contributed by atoms with Crippen LogP contribution in [0.3, 0.4) is 0 Å². The highest BCUT2D eigenvalue weighted by Gasteiger charge is 2.42. The predicted octanol–water partition coefficient (Wildman–Crippen LogP) is 3.89. The number of hydrogen-bond acceptors (Lipinski definition) is 3.